The Morgan fingerprint density at radius 2 is 1.79 bits per heavy atom. The smallest absolute Gasteiger partial charge is 0.486 e. The van der Waals surface area contributed by atoms with E-state index in [0.717, 1.165) is 33.7 Å². The van der Waals surface area contributed by atoms with E-state index in [0.29, 0.717) is 23.1 Å². The lowest BCUT2D eigenvalue weighted by atomic mass is 10.2. The second-order valence-electron chi connectivity index (χ2n) is 7.55. The Morgan fingerprint density at radius 1 is 1.00 bits per heavy atom. The third kappa shape index (κ3) is 6.39. The van der Waals surface area contributed by atoms with Crippen LogP contribution in [0, 0.1) is 0 Å². The van der Waals surface area contributed by atoms with Crippen LogP contribution in [0.5, 0.6) is 11.5 Å². The van der Waals surface area contributed by atoms with Gasteiger partial charge in [-0.1, -0.05) is 36.7 Å². The lowest BCUT2D eigenvalue weighted by Gasteiger charge is -2.13. The number of rotatable bonds is 9. The molecule has 3 aromatic carbocycles. The predicted molar refractivity (Wildman–Crippen MR) is 129 cm³/mol. The molecule has 0 aliphatic carbocycles. The van der Waals surface area contributed by atoms with Crippen molar-refractivity contribution in [3.63, 3.8) is 0 Å². The van der Waals surface area contributed by atoms with Gasteiger partial charge in [0.15, 0.2) is 0 Å². The first kappa shape index (κ1) is 24.3. The van der Waals surface area contributed by atoms with Crippen LogP contribution in [0.2, 0.25) is 5.02 Å². The summed E-state index contributed by atoms with van der Waals surface area (Å²) in [5.41, 5.74) is 2.56. The third-order valence-electron chi connectivity index (χ3n) is 4.93. The van der Waals surface area contributed by atoms with E-state index in [1.54, 1.807) is 36.0 Å². The summed E-state index contributed by atoms with van der Waals surface area (Å²) in [6.07, 6.45) is -3.66. The molecule has 0 atom stereocenters. The first-order valence-corrected chi connectivity index (χ1v) is 12.0. The van der Waals surface area contributed by atoms with E-state index in [1.165, 1.54) is 12.1 Å². The van der Waals surface area contributed by atoms with Crippen LogP contribution in [0.15, 0.2) is 71.6 Å². The second-order valence-corrected chi connectivity index (χ2v) is 9.16. The summed E-state index contributed by atoms with van der Waals surface area (Å²) in [6.45, 7) is 2.76. The molecule has 4 rings (SSSR count). The fraction of sp³-hybridized carbons (Fsp3) is 0.240. The van der Waals surface area contributed by atoms with Gasteiger partial charge in [-0.25, -0.2) is 4.98 Å². The topological polar surface area (TPSA) is 36.3 Å². The van der Waals surface area contributed by atoms with Crippen molar-refractivity contribution in [1.82, 2.24) is 9.55 Å². The van der Waals surface area contributed by atoms with Crippen molar-refractivity contribution < 1.29 is 22.6 Å². The Balaban J connectivity index is 1.64. The van der Waals surface area contributed by atoms with Crippen LogP contribution in [-0.2, 0) is 13.2 Å². The Morgan fingerprint density at radius 3 is 2.50 bits per heavy atom. The molecule has 0 fully saturated rings. The SMILES string of the molecule is CCCSc1ccc2nc(COc3cccc(Cl)c3)n(Cc3ccc(OC(F)(F)F)cc3)c2c1. The van der Waals surface area contributed by atoms with Gasteiger partial charge in [-0.15, -0.1) is 24.9 Å². The summed E-state index contributed by atoms with van der Waals surface area (Å²) in [5, 5.41) is 0.574. The minimum Gasteiger partial charge on any atom is -0.486 e. The lowest BCUT2D eigenvalue weighted by Crippen LogP contribution is -2.17. The molecule has 0 unspecified atom stereocenters. The zero-order valence-corrected chi connectivity index (χ0v) is 19.9. The van der Waals surface area contributed by atoms with Crippen molar-refractivity contribution in [2.24, 2.45) is 0 Å². The van der Waals surface area contributed by atoms with Crippen LogP contribution in [0.25, 0.3) is 11.0 Å². The van der Waals surface area contributed by atoms with Gasteiger partial charge >= 0.3 is 6.36 Å². The lowest BCUT2D eigenvalue weighted by molar-refractivity contribution is -0.274. The number of benzene rings is 3. The number of thioether (sulfide) groups is 1. The second kappa shape index (κ2) is 10.6. The zero-order chi connectivity index (χ0) is 24.1. The van der Waals surface area contributed by atoms with E-state index in [1.807, 2.05) is 28.8 Å². The van der Waals surface area contributed by atoms with Crippen molar-refractivity contribution in [3.05, 3.63) is 83.1 Å². The molecule has 0 aliphatic rings. The highest BCUT2D eigenvalue weighted by molar-refractivity contribution is 7.99. The predicted octanol–water partition coefficient (Wildman–Crippen LogP) is 7.72. The minimum atomic E-state index is -4.72. The molecule has 0 saturated heterocycles. The molecule has 1 aromatic heterocycles. The molecule has 0 spiro atoms. The van der Waals surface area contributed by atoms with Crippen LogP contribution in [0.4, 0.5) is 13.2 Å². The van der Waals surface area contributed by atoms with Crippen molar-refractivity contribution in [1.29, 1.82) is 0 Å². The van der Waals surface area contributed by atoms with E-state index >= 15 is 0 Å². The molecule has 0 amide bonds. The number of ether oxygens (including phenoxy) is 2. The molecule has 4 nitrogen and oxygen atoms in total. The minimum absolute atomic E-state index is 0.210. The van der Waals surface area contributed by atoms with E-state index in [2.05, 4.69) is 17.7 Å². The molecule has 34 heavy (non-hydrogen) atoms. The summed E-state index contributed by atoms with van der Waals surface area (Å²) in [4.78, 5) is 5.89. The molecule has 0 aliphatic heterocycles. The fourth-order valence-corrected chi connectivity index (χ4v) is 4.41. The molecule has 1 heterocycles. The van der Waals surface area contributed by atoms with Gasteiger partial charge in [0, 0.05) is 16.5 Å². The van der Waals surface area contributed by atoms with E-state index < -0.39 is 6.36 Å². The Kier molecular flexibility index (Phi) is 7.58. The number of fused-ring (bicyclic) bond motifs is 1. The van der Waals surface area contributed by atoms with Crippen molar-refractivity contribution in [2.45, 2.75) is 37.8 Å². The summed E-state index contributed by atoms with van der Waals surface area (Å²) < 4.78 is 49.4. The first-order chi connectivity index (χ1) is 16.3. The van der Waals surface area contributed by atoms with Gasteiger partial charge in [-0.3, -0.25) is 0 Å². The highest BCUT2D eigenvalue weighted by Gasteiger charge is 2.31. The Labute approximate surface area is 204 Å². The van der Waals surface area contributed by atoms with Gasteiger partial charge in [0.25, 0.3) is 0 Å². The summed E-state index contributed by atoms with van der Waals surface area (Å²) in [5.74, 6) is 2.07. The first-order valence-electron chi connectivity index (χ1n) is 10.7. The molecule has 4 aromatic rings. The fourth-order valence-electron chi connectivity index (χ4n) is 3.43. The van der Waals surface area contributed by atoms with Gasteiger partial charge in [-0.2, -0.15) is 0 Å². The van der Waals surface area contributed by atoms with E-state index in [9.17, 15) is 13.2 Å². The van der Waals surface area contributed by atoms with Crippen molar-refractivity contribution in [3.8, 4) is 11.5 Å². The summed E-state index contributed by atoms with van der Waals surface area (Å²) in [7, 11) is 0. The number of hydrogen-bond acceptors (Lipinski definition) is 4. The maximum absolute atomic E-state index is 12.5. The highest BCUT2D eigenvalue weighted by Crippen LogP contribution is 2.28. The molecular weight excluding hydrogens is 485 g/mol. The van der Waals surface area contributed by atoms with Gasteiger partial charge < -0.3 is 14.0 Å². The highest BCUT2D eigenvalue weighted by atomic mass is 35.5. The van der Waals surface area contributed by atoms with Gasteiger partial charge in [0.05, 0.1) is 11.0 Å². The monoisotopic (exact) mass is 506 g/mol. The molecule has 0 bridgehead atoms. The number of halogens is 4. The van der Waals surface area contributed by atoms with Crippen LogP contribution in [0.1, 0.15) is 24.7 Å². The molecule has 0 radical (unpaired) electrons. The normalized spacial score (nSPS) is 11.7. The molecule has 0 saturated carbocycles. The van der Waals surface area contributed by atoms with Crippen molar-refractivity contribution in [2.75, 3.05) is 5.75 Å². The van der Waals surface area contributed by atoms with E-state index in [4.69, 9.17) is 21.3 Å². The van der Waals surface area contributed by atoms with Crippen LogP contribution in [-0.4, -0.2) is 21.7 Å². The number of imidazole rings is 1. The molecular formula is C25H22ClF3N2O2S. The Bertz CT molecular complexity index is 1260. The van der Waals surface area contributed by atoms with Gasteiger partial charge in [0.2, 0.25) is 0 Å². The quantitative estimate of drug-likeness (QED) is 0.218. The maximum Gasteiger partial charge on any atom is 0.573 e. The maximum atomic E-state index is 12.5. The summed E-state index contributed by atoms with van der Waals surface area (Å²) in [6, 6.07) is 19.1. The number of aromatic nitrogens is 2. The van der Waals surface area contributed by atoms with Gasteiger partial charge in [-0.05, 0) is 66.3 Å². The Hall–Kier alpha value is -2.84. The summed E-state index contributed by atoms with van der Waals surface area (Å²) >= 11 is 7.83. The van der Waals surface area contributed by atoms with Gasteiger partial charge in [0.1, 0.15) is 23.9 Å². The van der Waals surface area contributed by atoms with Crippen molar-refractivity contribution >= 4 is 34.4 Å². The number of nitrogens with zero attached hydrogens (tertiary/aromatic N) is 2. The van der Waals surface area contributed by atoms with Crippen LogP contribution >= 0.6 is 23.4 Å². The standard InChI is InChI=1S/C25H22ClF3N2O2S/c1-2-12-34-21-10-11-22-23(14-21)31(15-17-6-8-19(9-7-17)33-25(27,28)29)24(30-22)16-32-20-5-3-4-18(26)13-20/h3-11,13-14H,2,12,15-16H2,1H3. The average Bonchev–Trinajstić information content (AvgIpc) is 3.13. The largest absolute Gasteiger partial charge is 0.573 e. The zero-order valence-electron chi connectivity index (χ0n) is 18.3. The molecule has 178 valence electrons. The molecule has 0 N–H and O–H groups in total. The van der Waals surface area contributed by atoms with Crippen LogP contribution < -0.4 is 9.47 Å². The average molecular weight is 507 g/mol. The van der Waals surface area contributed by atoms with Crippen LogP contribution in [0.3, 0.4) is 0 Å². The van der Waals surface area contributed by atoms with E-state index in [-0.39, 0.29) is 12.4 Å². The number of alkyl halides is 3. The molecule has 9 heteroatoms. The number of hydrogen-bond donors (Lipinski definition) is 0. The third-order valence-corrected chi connectivity index (χ3v) is 6.37.